The lowest BCUT2D eigenvalue weighted by Gasteiger charge is -2.01. The first kappa shape index (κ1) is 12.4. The first-order valence-corrected chi connectivity index (χ1v) is 5.18. The van der Waals surface area contributed by atoms with Crippen LogP contribution in [0.15, 0.2) is 22.8 Å². The van der Waals surface area contributed by atoms with Crippen molar-refractivity contribution >= 4 is 33.7 Å². The fraction of sp³-hybridized carbons (Fsp3) is 0.222. The summed E-state index contributed by atoms with van der Waals surface area (Å²) >= 11 is 3.19. The highest BCUT2D eigenvalue weighted by Crippen LogP contribution is 2.06. The molecule has 0 spiro atoms. The van der Waals surface area contributed by atoms with Crippen molar-refractivity contribution in [3.63, 3.8) is 0 Å². The summed E-state index contributed by atoms with van der Waals surface area (Å²) in [6.45, 7) is 0. The predicted molar refractivity (Wildman–Crippen MR) is 57.2 cm³/mol. The monoisotopic (exact) mass is 289 g/mol. The average molecular weight is 290 g/mol. The van der Waals surface area contributed by atoms with Crippen molar-refractivity contribution in [1.29, 1.82) is 0 Å². The molecule has 0 fully saturated rings. The van der Waals surface area contributed by atoms with E-state index >= 15 is 0 Å². The van der Waals surface area contributed by atoms with Crippen LogP contribution in [0.2, 0.25) is 0 Å². The number of nitrogen functional groups attached to an aromatic ring is 1. The quantitative estimate of drug-likeness (QED) is 0.769. The molecule has 0 bridgehead atoms. The second-order valence-electron chi connectivity index (χ2n) is 2.96. The first-order valence-electron chi connectivity index (χ1n) is 4.38. The van der Waals surface area contributed by atoms with Gasteiger partial charge in [-0.2, -0.15) is 0 Å². The largest absolute Gasteiger partial charge is 0.481 e. The molecule has 1 rings (SSSR count). The molecule has 1 aromatic rings. The van der Waals surface area contributed by atoms with Crippen LogP contribution in [-0.4, -0.2) is 17.0 Å². The average Bonchev–Trinajstić information content (AvgIpc) is 2.20. The molecule has 1 heterocycles. The molecule has 3 N–H and O–H groups in total. The number of nitrogens with two attached hydrogens (primary N) is 1. The van der Waals surface area contributed by atoms with Gasteiger partial charge >= 0.3 is 17.8 Å². The first-order chi connectivity index (χ1) is 7.49. The van der Waals surface area contributed by atoms with Crippen LogP contribution >= 0.6 is 15.9 Å². The van der Waals surface area contributed by atoms with E-state index in [0.717, 1.165) is 4.73 Å². The molecular weight excluding hydrogens is 280 g/mol. The van der Waals surface area contributed by atoms with Crippen LogP contribution in [0.1, 0.15) is 12.8 Å². The van der Waals surface area contributed by atoms with E-state index in [-0.39, 0.29) is 18.7 Å². The van der Waals surface area contributed by atoms with Crippen LogP contribution in [0.4, 0.5) is 5.82 Å². The van der Waals surface area contributed by atoms with E-state index in [1.807, 2.05) is 0 Å². The Labute approximate surface area is 99.7 Å². The van der Waals surface area contributed by atoms with Gasteiger partial charge in [0, 0.05) is 6.07 Å². The van der Waals surface area contributed by atoms with Crippen molar-refractivity contribution < 1.29 is 24.3 Å². The van der Waals surface area contributed by atoms with E-state index in [0.29, 0.717) is 4.47 Å². The summed E-state index contributed by atoms with van der Waals surface area (Å²) in [5.74, 6) is -1.46. The van der Waals surface area contributed by atoms with Crippen LogP contribution in [0, 0.1) is 0 Å². The van der Waals surface area contributed by atoms with Gasteiger partial charge in [-0.3, -0.25) is 15.4 Å². The van der Waals surface area contributed by atoms with E-state index in [1.54, 1.807) is 12.1 Å². The Balaban J connectivity index is 2.62. The number of halogens is 1. The van der Waals surface area contributed by atoms with Crippen molar-refractivity contribution in [2.75, 3.05) is 5.73 Å². The van der Waals surface area contributed by atoms with E-state index in [4.69, 9.17) is 15.7 Å². The number of carboxylic acids is 1. The van der Waals surface area contributed by atoms with Gasteiger partial charge in [-0.1, -0.05) is 0 Å². The van der Waals surface area contributed by atoms with Gasteiger partial charge in [0.05, 0.1) is 17.3 Å². The van der Waals surface area contributed by atoms with E-state index < -0.39 is 11.9 Å². The Bertz CT molecular complexity index is 422. The molecule has 0 saturated carbocycles. The third-order valence-corrected chi connectivity index (χ3v) is 2.12. The van der Waals surface area contributed by atoms with Crippen LogP contribution in [0.3, 0.4) is 0 Å². The summed E-state index contributed by atoms with van der Waals surface area (Å²) in [5, 5.41) is 8.38. The van der Waals surface area contributed by atoms with Crippen LogP contribution in [0.5, 0.6) is 0 Å². The van der Waals surface area contributed by atoms with Gasteiger partial charge in [0.2, 0.25) is 0 Å². The number of pyridine rings is 1. The highest BCUT2D eigenvalue weighted by molar-refractivity contribution is 9.10. The number of hydrogen-bond donors (Lipinski definition) is 2. The minimum absolute atomic E-state index is 0.200. The number of carbonyl (C=O) groups is 2. The number of aromatic nitrogens is 1. The van der Waals surface area contributed by atoms with Crippen LogP contribution < -0.4 is 15.3 Å². The zero-order chi connectivity index (χ0) is 12.1. The normalized spacial score (nSPS) is 9.81. The molecule has 0 aliphatic carbocycles. The molecule has 0 atom stereocenters. The van der Waals surface area contributed by atoms with E-state index in [2.05, 4.69) is 15.9 Å². The summed E-state index contributed by atoms with van der Waals surface area (Å²) in [4.78, 5) is 26.3. The molecule has 0 aromatic carbocycles. The molecule has 0 radical (unpaired) electrons. The third-order valence-electron chi connectivity index (χ3n) is 1.65. The standard InChI is InChI=1S/C9H9BrN2O4/c10-6-1-2-7(11)12(5-6)16-9(15)4-3-8(13)14/h1-2,5,11H,3-4H2,(H,13,14)/p+1. The fourth-order valence-corrected chi connectivity index (χ4v) is 1.23. The van der Waals surface area contributed by atoms with Crippen molar-refractivity contribution in [2.45, 2.75) is 12.8 Å². The van der Waals surface area contributed by atoms with Gasteiger partial charge in [0.25, 0.3) is 0 Å². The second kappa shape index (κ2) is 5.45. The maximum Gasteiger partial charge on any atom is 0.358 e. The van der Waals surface area contributed by atoms with Gasteiger partial charge in [-0.25, -0.2) is 4.79 Å². The SMILES string of the molecule is Nc1ccc(Br)c[n+]1OC(=O)CCC(=O)O. The predicted octanol–water partition coefficient (Wildman–Crippen LogP) is 0.139. The topological polar surface area (TPSA) is 93.5 Å². The number of nitrogens with zero attached hydrogens (tertiary/aromatic N) is 1. The lowest BCUT2D eigenvalue weighted by molar-refractivity contribution is -0.858. The minimum Gasteiger partial charge on any atom is -0.481 e. The zero-order valence-corrected chi connectivity index (χ0v) is 9.81. The highest BCUT2D eigenvalue weighted by Gasteiger charge is 2.13. The molecule has 16 heavy (non-hydrogen) atoms. The summed E-state index contributed by atoms with van der Waals surface area (Å²) in [6.07, 6.45) is 0.996. The van der Waals surface area contributed by atoms with Gasteiger partial charge in [-0.15, -0.1) is 0 Å². The molecular formula is C9H10BrN2O4+. The Morgan fingerprint density at radius 3 is 2.75 bits per heavy atom. The maximum absolute atomic E-state index is 11.2. The number of hydrogen-bond acceptors (Lipinski definition) is 4. The second-order valence-corrected chi connectivity index (χ2v) is 3.87. The number of aliphatic carboxylic acids is 1. The molecule has 0 aliphatic heterocycles. The van der Waals surface area contributed by atoms with Gasteiger partial charge in [0.1, 0.15) is 0 Å². The Kier molecular flexibility index (Phi) is 4.24. The molecule has 0 saturated heterocycles. The lowest BCUT2D eigenvalue weighted by Crippen LogP contribution is -2.47. The third kappa shape index (κ3) is 3.85. The smallest absolute Gasteiger partial charge is 0.358 e. The molecule has 7 heteroatoms. The fourth-order valence-electron chi connectivity index (χ4n) is 0.911. The Morgan fingerprint density at radius 1 is 1.44 bits per heavy atom. The molecule has 0 aliphatic rings. The molecule has 86 valence electrons. The Morgan fingerprint density at radius 2 is 2.12 bits per heavy atom. The number of carboxylic acid groups (broad SMARTS) is 1. The summed E-state index contributed by atoms with van der Waals surface area (Å²) < 4.78 is 1.77. The van der Waals surface area contributed by atoms with Crippen molar-refractivity contribution in [1.82, 2.24) is 0 Å². The van der Waals surface area contributed by atoms with Gasteiger partial charge < -0.3 is 5.11 Å². The number of rotatable bonds is 4. The summed E-state index contributed by atoms with van der Waals surface area (Å²) in [5.41, 5.74) is 5.54. The van der Waals surface area contributed by atoms with Crippen molar-refractivity contribution in [2.24, 2.45) is 0 Å². The lowest BCUT2D eigenvalue weighted by atomic mass is 10.3. The van der Waals surface area contributed by atoms with Crippen molar-refractivity contribution in [3.8, 4) is 0 Å². The number of anilines is 1. The number of carbonyl (C=O) groups excluding carboxylic acids is 1. The van der Waals surface area contributed by atoms with Gasteiger partial charge in [0.15, 0.2) is 6.20 Å². The van der Waals surface area contributed by atoms with E-state index in [9.17, 15) is 9.59 Å². The zero-order valence-electron chi connectivity index (χ0n) is 8.22. The molecule has 0 amide bonds. The Hall–Kier alpha value is -1.63. The summed E-state index contributed by atoms with van der Waals surface area (Å²) in [7, 11) is 0. The van der Waals surface area contributed by atoms with Gasteiger partial charge in [-0.05, 0) is 26.7 Å². The van der Waals surface area contributed by atoms with Crippen molar-refractivity contribution in [3.05, 3.63) is 22.8 Å². The van der Waals surface area contributed by atoms with E-state index in [1.165, 1.54) is 6.20 Å². The molecule has 0 unspecified atom stereocenters. The highest BCUT2D eigenvalue weighted by atomic mass is 79.9. The van der Waals surface area contributed by atoms with Crippen LogP contribution in [-0.2, 0) is 9.59 Å². The minimum atomic E-state index is -1.05. The molecule has 6 nitrogen and oxygen atoms in total. The molecule has 1 aromatic heterocycles. The van der Waals surface area contributed by atoms with Crippen LogP contribution in [0.25, 0.3) is 0 Å². The summed E-state index contributed by atoms with van der Waals surface area (Å²) in [6, 6.07) is 3.24. The maximum atomic E-state index is 11.2.